The summed E-state index contributed by atoms with van der Waals surface area (Å²) in [4.78, 5) is 27.0. The van der Waals surface area contributed by atoms with E-state index >= 15 is 0 Å². The quantitative estimate of drug-likeness (QED) is 0.0915. The van der Waals surface area contributed by atoms with Crippen LogP contribution in [0.3, 0.4) is 0 Å². The van der Waals surface area contributed by atoms with Gasteiger partial charge >= 0.3 is 30.1 Å². The van der Waals surface area contributed by atoms with Gasteiger partial charge in [0.1, 0.15) is 5.69 Å². The monoisotopic (exact) mass is 782 g/mol. The van der Waals surface area contributed by atoms with Gasteiger partial charge in [-0.2, -0.15) is 26.3 Å². The van der Waals surface area contributed by atoms with Crippen LogP contribution in [0.25, 0.3) is 0 Å². The Kier molecular flexibility index (Phi) is 18.1. The molecule has 0 saturated heterocycles. The van der Waals surface area contributed by atoms with Crippen LogP contribution < -0.4 is 42.0 Å². The third-order valence-electron chi connectivity index (χ3n) is 8.28. The number of hydrogen-bond donors (Lipinski definition) is 2. The summed E-state index contributed by atoms with van der Waals surface area (Å²) in [5.41, 5.74) is 2.94. The number of fused-ring (bicyclic) bond motifs is 1. The van der Waals surface area contributed by atoms with E-state index in [2.05, 4.69) is 39.9 Å². The third-order valence-corrected chi connectivity index (χ3v) is 8.28. The Morgan fingerprint density at radius 3 is 1.84 bits per heavy atom. The molecule has 0 spiro atoms. The molecule has 3 rings (SSSR count). The van der Waals surface area contributed by atoms with Gasteiger partial charge in [0, 0.05) is 44.4 Å². The van der Waals surface area contributed by atoms with Gasteiger partial charge in [0.05, 0.1) is 36.9 Å². The van der Waals surface area contributed by atoms with E-state index < -0.39 is 24.2 Å². The average Bonchev–Trinajstić information content (AvgIpc) is 3.44. The molecule has 10 nitrogen and oxygen atoms in total. The summed E-state index contributed by atoms with van der Waals surface area (Å²) in [6.45, 7) is 8.65. The summed E-state index contributed by atoms with van der Waals surface area (Å²) >= 11 is 0. The summed E-state index contributed by atoms with van der Waals surface area (Å²) in [6.07, 6.45) is 1.90. The van der Waals surface area contributed by atoms with Crippen LogP contribution in [0.5, 0.6) is 0 Å². The highest BCUT2D eigenvalue weighted by Gasteiger charge is 2.38. The summed E-state index contributed by atoms with van der Waals surface area (Å²) in [6, 6.07) is 6.05. The van der Waals surface area contributed by atoms with E-state index in [4.69, 9.17) is 0 Å². The van der Waals surface area contributed by atoms with Crippen molar-refractivity contribution in [3.8, 4) is 0 Å². The van der Waals surface area contributed by atoms with Gasteiger partial charge in [0.15, 0.2) is 0 Å². The standard InChI is InChI=1S/C33H48F6N8O2.BrH/c1-3-5-9-17-44-21-22-45(18-10-6-4-2)28-25-26(13-14-27(28)44)42-43-31-46(19-11-7-15-40-29(48)32(34,35)36)23-24-47(31)20-12-8-16-41-30(49)33(37,38)39;/h13-14,23-25H,3-12,15-22H2,1-2H3,(H-,40,41,48,49);1H. The fourth-order valence-corrected chi connectivity index (χ4v) is 5.59. The maximum absolute atomic E-state index is 12.5. The van der Waals surface area contributed by atoms with Gasteiger partial charge in [-0.15, -0.1) is 0 Å². The second-order valence-corrected chi connectivity index (χ2v) is 12.2. The zero-order valence-electron chi connectivity index (χ0n) is 28.8. The lowest BCUT2D eigenvalue weighted by Gasteiger charge is -2.39. The SMILES string of the molecule is CCCCCN1CCN(CCCCC)c2cc(N=Nc3n(CCCCNC(=O)C(F)(F)F)cc[n+]3CCCCNC(=O)C(F)(F)F)ccc21.[Br-]. The van der Waals surface area contributed by atoms with Gasteiger partial charge in [-0.1, -0.05) is 44.6 Å². The number of unbranched alkanes of at least 4 members (excludes halogenated alkanes) is 6. The van der Waals surface area contributed by atoms with E-state index in [1.54, 1.807) is 21.5 Å². The predicted molar refractivity (Wildman–Crippen MR) is 175 cm³/mol. The molecule has 1 aliphatic heterocycles. The van der Waals surface area contributed by atoms with Crippen LogP contribution in [-0.2, 0) is 22.7 Å². The minimum absolute atomic E-state index is 0. The van der Waals surface area contributed by atoms with Crippen LogP contribution >= 0.6 is 0 Å². The molecule has 1 aromatic heterocycles. The summed E-state index contributed by atoms with van der Waals surface area (Å²) < 4.78 is 78.6. The lowest BCUT2D eigenvalue weighted by Crippen LogP contribution is -3.00. The molecule has 0 saturated carbocycles. The third kappa shape index (κ3) is 13.7. The lowest BCUT2D eigenvalue weighted by atomic mass is 10.1. The fourth-order valence-electron chi connectivity index (χ4n) is 5.59. The molecule has 17 heteroatoms. The number of azo groups is 1. The first-order chi connectivity index (χ1) is 23.3. The zero-order valence-corrected chi connectivity index (χ0v) is 30.3. The van der Waals surface area contributed by atoms with Gasteiger partial charge < -0.3 is 37.4 Å². The highest BCUT2D eigenvalue weighted by molar-refractivity contribution is 5.82. The summed E-state index contributed by atoms with van der Waals surface area (Å²) in [5, 5.41) is 12.9. The molecule has 0 atom stereocenters. The molecule has 1 aliphatic rings. The molecule has 0 aliphatic carbocycles. The van der Waals surface area contributed by atoms with E-state index in [0.29, 0.717) is 50.4 Å². The number of imidazole rings is 1. The Labute approximate surface area is 300 Å². The molecule has 0 unspecified atom stereocenters. The Balaban J connectivity index is 0.00000867. The van der Waals surface area contributed by atoms with Crippen molar-refractivity contribution in [2.45, 2.75) is 103 Å². The van der Waals surface area contributed by atoms with Gasteiger partial charge in [-0.25, -0.2) is 9.13 Å². The highest BCUT2D eigenvalue weighted by Crippen LogP contribution is 2.37. The van der Waals surface area contributed by atoms with Crippen LogP contribution in [0.1, 0.15) is 78.1 Å². The van der Waals surface area contributed by atoms with Gasteiger partial charge in [0.2, 0.25) is 0 Å². The number of aromatic nitrogens is 2. The number of anilines is 2. The second-order valence-electron chi connectivity index (χ2n) is 12.2. The number of rotatable bonds is 20. The molecule has 2 aromatic rings. The highest BCUT2D eigenvalue weighted by atomic mass is 79.9. The zero-order chi connectivity index (χ0) is 35.9. The smallest absolute Gasteiger partial charge is 0.471 e. The number of carbonyl (C=O) groups is 2. The van der Waals surface area contributed by atoms with Crippen LogP contribution in [0.4, 0.5) is 49.4 Å². The van der Waals surface area contributed by atoms with Crippen molar-refractivity contribution in [1.82, 2.24) is 15.2 Å². The minimum atomic E-state index is -4.94. The molecule has 1 aromatic carbocycles. The van der Waals surface area contributed by atoms with Crippen LogP contribution in [0.15, 0.2) is 40.8 Å². The topological polar surface area (TPSA) is 98.2 Å². The summed E-state index contributed by atoms with van der Waals surface area (Å²) in [5.74, 6) is -3.51. The van der Waals surface area contributed by atoms with E-state index in [1.807, 2.05) is 22.8 Å². The Bertz CT molecular complexity index is 1320. The van der Waals surface area contributed by atoms with Crippen LogP contribution in [0.2, 0.25) is 0 Å². The fraction of sp³-hybridized carbons (Fsp3) is 0.667. The van der Waals surface area contributed by atoms with Crippen molar-refractivity contribution in [2.75, 3.05) is 49.1 Å². The number of benzene rings is 1. The minimum Gasteiger partial charge on any atom is -1.00 e. The molecule has 0 fully saturated rings. The van der Waals surface area contributed by atoms with E-state index in [1.165, 1.54) is 12.1 Å². The number of hydrogen-bond acceptors (Lipinski definition) is 6. The largest absolute Gasteiger partial charge is 1.00 e. The number of halogens is 7. The van der Waals surface area contributed by atoms with E-state index in [9.17, 15) is 35.9 Å². The lowest BCUT2D eigenvalue weighted by molar-refractivity contribution is -0.684. The molecule has 282 valence electrons. The Morgan fingerprint density at radius 2 is 1.28 bits per heavy atom. The summed E-state index contributed by atoms with van der Waals surface area (Å²) in [7, 11) is 0. The number of carbonyl (C=O) groups excluding carboxylic acids is 2. The Hall–Kier alpha value is -3.37. The first-order valence-electron chi connectivity index (χ1n) is 17.2. The average molecular weight is 784 g/mol. The number of aryl methyl sites for hydroxylation is 2. The molecule has 0 radical (unpaired) electrons. The second kappa shape index (κ2) is 21.1. The van der Waals surface area contributed by atoms with Gasteiger partial charge in [-0.05, 0) is 56.7 Å². The molecule has 50 heavy (non-hydrogen) atoms. The first kappa shape index (κ1) is 42.8. The maximum atomic E-state index is 12.5. The van der Waals surface area contributed by atoms with Gasteiger partial charge in [0.25, 0.3) is 0 Å². The molecule has 2 amide bonds. The first-order valence-corrected chi connectivity index (χ1v) is 17.2. The maximum Gasteiger partial charge on any atom is 0.471 e. The van der Waals surface area contributed by atoms with Crippen molar-refractivity contribution in [1.29, 1.82) is 0 Å². The van der Waals surface area contributed by atoms with Crippen molar-refractivity contribution < 1.29 is 57.5 Å². The molecule has 2 N–H and O–H groups in total. The van der Waals surface area contributed by atoms with Crippen molar-refractivity contribution in [3.63, 3.8) is 0 Å². The molecular weight excluding hydrogens is 734 g/mol. The molecule has 2 heterocycles. The Morgan fingerprint density at radius 1 is 0.740 bits per heavy atom. The van der Waals surface area contributed by atoms with E-state index in [0.717, 1.165) is 64.0 Å². The number of nitrogens with zero attached hydrogens (tertiary/aromatic N) is 6. The predicted octanol–water partition coefficient (Wildman–Crippen LogP) is 4.12. The van der Waals surface area contributed by atoms with Crippen LogP contribution in [0, 0.1) is 0 Å². The van der Waals surface area contributed by atoms with Crippen molar-refractivity contribution in [2.24, 2.45) is 10.2 Å². The number of nitrogens with one attached hydrogen (secondary N) is 2. The van der Waals surface area contributed by atoms with E-state index in [-0.39, 0.29) is 30.1 Å². The molecular formula is C33H49BrF6N8O2. The van der Waals surface area contributed by atoms with Crippen molar-refractivity contribution >= 4 is 34.8 Å². The van der Waals surface area contributed by atoms with Crippen LogP contribution in [-0.4, -0.2) is 68.0 Å². The number of alkyl halides is 6. The normalized spacial score (nSPS) is 13.4. The van der Waals surface area contributed by atoms with Gasteiger partial charge in [-0.3, -0.25) is 9.59 Å². The number of amides is 2. The van der Waals surface area contributed by atoms with Crippen molar-refractivity contribution in [3.05, 3.63) is 30.6 Å². The molecule has 0 bridgehead atoms.